The lowest BCUT2D eigenvalue weighted by atomic mass is 10.2. The Kier molecular flexibility index (Phi) is 5.41. The van der Waals surface area contributed by atoms with Gasteiger partial charge in [0.15, 0.2) is 0 Å². The Morgan fingerprint density at radius 3 is 2.87 bits per heavy atom. The zero-order valence-electron chi connectivity index (χ0n) is 11.8. The van der Waals surface area contributed by atoms with Crippen molar-refractivity contribution < 1.29 is 4.74 Å². The number of fused-ring (bicyclic) bond motifs is 1. The highest BCUT2D eigenvalue weighted by molar-refractivity contribution is 14.2. The van der Waals surface area contributed by atoms with Crippen LogP contribution < -0.4 is 10.1 Å². The van der Waals surface area contributed by atoms with Crippen LogP contribution in [-0.2, 0) is 0 Å². The first-order valence-electron chi connectivity index (χ1n) is 6.59. The molecule has 0 saturated heterocycles. The van der Waals surface area contributed by atoms with E-state index in [1.807, 2.05) is 17.6 Å². The van der Waals surface area contributed by atoms with Gasteiger partial charge < -0.3 is 10.1 Å². The van der Waals surface area contributed by atoms with Gasteiger partial charge in [0.1, 0.15) is 11.6 Å². The molecule has 23 heavy (non-hydrogen) atoms. The van der Waals surface area contributed by atoms with E-state index >= 15 is 0 Å². The van der Waals surface area contributed by atoms with Crippen LogP contribution in [0.5, 0.6) is 5.75 Å². The molecule has 1 N–H and O–H groups in total. The third kappa shape index (κ3) is 3.63. The van der Waals surface area contributed by atoms with Gasteiger partial charge in [-0.3, -0.25) is 0 Å². The predicted octanol–water partition coefficient (Wildman–Crippen LogP) is 5.07. The van der Waals surface area contributed by atoms with Crippen molar-refractivity contribution in [2.45, 2.75) is 6.92 Å². The SMILES string of the molecule is CCOc1ccc2nc(Cl)nc(Nc3cnn(PI)c3)c2c1Cl. The van der Waals surface area contributed by atoms with Gasteiger partial charge in [0, 0.05) is 0 Å². The maximum absolute atomic E-state index is 6.47. The second-order valence-electron chi connectivity index (χ2n) is 4.43. The predicted molar refractivity (Wildman–Crippen MR) is 104 cm³/mol. The molecule has 6 nitrogen and oxygen atoms in total. The average Bonchev–Trinajstić information content (AvgIpc) is 2.97. The number of halogens is 3. The number of anilines is 2. The van der Waals surface area contributed by atoms with Crippen LogP contribution in [0.2, 0.25) is 10.3 Å². The van der Waals surface area contributed by atoms with Crippen molar-refractivity contribution in [3.05, 3.63) is 34.8 Å². The summed E-state index contributed by atoms with van der Waals surface area (Å²) in [6.45, 7) is 2.42. The molecule has 0 spiro atoms. The molecular formula is C13H11Cl2IN5OP. The summed E-state index contributed by atoms with van der Waals surface area (Å²) >= 11 is 14.7. The van der Waals surface area contributed by atoms with Gasteiger partial charge in [-0.1, -0.05) is 11.6 Å². The fourth-order valence-electron chi connectivity index (χ4n) is 2.07. The average molecular weight is 482 g/mol. The van der Waals surface area contributed by atoms with E-state index in [9.17, 15) is 0 Å². The highest BCUT2D eigenvalue weighted by Crippen LogP contribution is 2.37. The maximum Gasteiger partial charge on any atom is 0.224 e. The molecule has 0 aliphatic carbocycles. The smallest absolute Gasteiger partial charge is 0.224 e. The Hall–Kier alpha value is -0.890. The molecular weight excluding hydrogens is 471 g/mol. The molecule has 1 aromatic carbocycles. The van der Waals surface area contributed by atoms with E-state index in [0.717, 1.165) is 5.69 Å². The van der Waals surface area contributed by atoms with Gasteiger partial charge in [-0.2, -0.15) is 10.1 Å². The van der Waals surface area contributed by atoms with Crippen LogP contribution in [0, 0.1) is 0 Å². The summed E-state index contributed by atoms with van der Waals surface area (Å²) in [5, 5.41) is 8.67. The molecule has 2 aromatic heterocycles. The van der Waals surface area contributed by atoms with E-state index in [4.69, 9.17) is 27.9 Å². The van der Waals surface area contributed by atoms with E-state index in [-0.39, 0.29) is 5.28 Å². The van der Waals surface area contributed by atoms with Crippen molar-refractivity contribution in [1.82, 2.24) is 19.5 Å². The minimum Gasteiger partial charge on any atom is -0.492 e. The van der Waals surface area contributed by atoms with Crippen LogP contribution in [-0.4, -0.2) is 26.1 Å². The molecule has 0 bridgehead atoms. The first-order chi connectivity index (χ1) is 11.1. The van der Waals surface area contributed by atoms with Crippen molar-refractivity contribution in [3.63, 3.8) is 0 Å². The molecule has 1 atom stereocenters. The Morgan fingerprint density at radius 1 is 1.35 bits per heavy atom. The van der Waals surface area contributed by atoms with Gasteiger partial charge in [0.25, 0.3) is 0 Å². The van der Waals surface area contributed by atoms with Crippen LogP contribution in [0.4, 0.5) is 11.5 Å². The topological polar surface area (TPSA) is 64.9 Å². The Balaban J connectivity index is 2.11. The normalized spacial score (nSPS) is 11.5. The molecule has 0 fully saturated rings. The zero-order valence-corrected chi connectivity index (χ0v) is 16.5. The second-order valence-corrected chi connectivity index (χ2v) is 7.22. The minimum absolute atomic E-state index is 0.142. The molecule has 0 radical (unpaired) electrons. The summed E-state index contributed by atoms with van der Waals surface area (Å²) in [4.78, 5) is 8.48. The Labute approximate surface area is 157 Å². The molecule has 3 rings (SSSR count). The molecule has 120 valence electrons. The van der Waals surface area contributed by atoms with Crippen LogP contribution in [0.1, 0.15) is 6.92 Å². The number of nitrogens with one attached hydrogen (secondary N) is 1. The third-order valence-corrected chi connectivity index (χ3v) is 5.41. The second kappa shape index (κ2) is 7.34. The van der Waals surface area contributed by atoms with E-state index < -0.39 is 0 Å². The zero-order chi connectivity index (χ0) is 16.4. The number of rotatable bonds is 5. The van der Waals surface area contributed by atoms with Crippen molar-refractivity contribution in [1.29, 1.82) is 0 Å². The maximum atomic E-state index is 6.47. The lowest BCUT2D eigenvalue weighted by Gasteiger charge is -2.12. The van der Waals surface area contributed by atoms with Crippen molar-refractivity contribution in [2.75, 3.05) is 11.9 Å². The van der Waals surface area contributed by atoms with Gasteiger partial charge in [0.05, 0.1) is 47.0 Å². The summed E-state index contributed by atoms with van der Waals surface area (Å²) < 4.78 is 7.36. The fourth-order valence-corrected chi connectivity index (χ4v) is 3.63. The van der Waals surface area contributed by atoms with Crippen LogP contribution in [0.25, 0.3) is 10.9 Å². The van der Waals surface area contributed by atoms with Crippen LogP contribution >= 0.6 is 51.6 Å². The minimum atomic E-state index is 0.142. The number of nitrogens with zero attached hydrogens (tertiary/aromatic N) is 4. The summed E-state index contributed by atoms with van der Waals surface area (Å²) in [6.07, 6.45) is 4.11. The summed E-state index contributed by atoms with van der Waals surface area (Å²) in [5.74, 6) is 1.10. The van der Waals surface area contributed by atoms with E-state index in [1.54, 1.807) is 18.3 Å². The van der Waals surface area contributed by atoms with Crippen LogP contribution in [0.3, 0.4) is 0 Å². The molecule has 0 aliphatic rings. The lowest BCUT2D eigenvalue weighted by molar-refractivity contribution is 0.341. The number of aromatic nitrogens is 4. The molecule has 1 unspecified atom stereocenters. The van der Waals surface area contributed by atoms with Crippen molar-refractivity contribution >= 4 is 74.0 Å². The molecule has 10 heteroatoms. The quantitative estimate of drug-likeness (QED) is 0.313. The highest BCUT2D eigenvalue weighted by Gasteiger charge is 2.15. The first-order valence-corrected chi connectivity index (χ1v) is 11.4. The summed E-state index contributed by atoms with van der Waals surface area (Å²) in [7, 11) is 0. The van der Waals surface area contributed by atoms with E-state index in [2.05, 4.69) is 42.4 Å². The largest absolute Gasteiger partial charge is 0.492 e. The molecule has 2 heterocycles. The molecule has 3 aromatic rings. The van der Waals surface area contributed by atoms with Gasteiger partial charge >= 0.3 is 0 Å². The number of benzene rings is 1. The van der Waals surface area contributed by atoms with Gasteiger partial charge in [0.2, 0.25) is 5.28 Å². The van der Waals surface area contributed by atoms with E-state index in [1.165, 1.54) is 0 Å². The monoisotopic (exact) mass is 481 g/mol. The van der Waals surface area contributed by atoms with Gasteiger partial charge in [-0.25, -0.2) is 9.44 Å². The standard InChI is InChI=1S/C13H11Cl2IN5OP/c1-2-22-9-4-3-8-10(11(9)14)12(20-13(15)19-8)18-7-5-17-21(6-7)23-16/h3-6,23H,2H2,1H3,(H,18,19,20). The Bertz CT molecular complexity index is 860. The Morgan fingerprint density at radius 2 is 2.17 bits per heavy atom. The molecule has 0 aliphatic heterocycles. The molecule has 0 amide bonds. The highest BCUT2D eigenvalue weighted by atomic mass is 127. The fraction of sp³-hybridized carbons (Fsp3) is 0.154. The first kappa shape index (κ1) is 17.0. The van der Waals surface area contributed by atoms with Gasteiger partial charge in [-0.05, 0) is 52.7 Å². The lowest BCUT2D eigenvalue weighted by Crippen LogP contribution is -1.99. The summed E-state index contributed by atoms with van der Waals surface area (Å²) in [6, 6.07) is 3.58. The van der Waals surface area contributed by atoms with E-state index in [0.29, 0.717) is 40.5 Å². The third-order valence-electron chi connectivity index (χ3n) is 2.97. The number of ether oxygens (including phenoxy) is 1. The summed E-state index contributed by atoms with van der Waals surface area (Å²) in [5.41, 5.74) is 1.44. The molecule has 0 saturated carbocycles. The van der Waals surface area contributed by atoms with Crippen LogP contribution in [0.15, 0.2) is 24.5 Å². The van der Waals surface area contributed by atoms with Crippen molar-refractivity contribution in [3.8, 4) is 5.75 Å². The van der Waals surface area contributed by atoms with Crippen molar-refractivity contribution in [2.24, 2.45) is 0 Å². The number of hydrogen-bond donors (Lipinski definition) is 1. The number of hydrogen-bond acceptors (Lipinski definition) is 5. The van der Waals surface area contributed by atoms with Gasteiger partial charge in [-0.15, -0.1) is 0 Å².